The van der Waals surface area contributed by atoms with Crippen LogP contribution in [0.25, 0.3) is 11.0 Å². The lowest BCUT2D eigenvalue weighted by Crippen LogP contribution is -2.31. The van der Waals surface area contributed by atoms with Gasteiger partial charge >= 0.3 is 5.63 Å². The summed E-state index contributed by atoms with van der Waals surface area (Å²) in [6.07, 6.45) is 1.71. The molecule has 0 fully saturated rings. The van der Waals surface area contributed by atoms with Crippen molar-refractivity contribution in [2.75, 3.05) is 20.8 Å². The van der Waals surface area contributed by atoms with Crippen molar-refractivity contribution in [1.29, 1.82) is 0 Å². The summed E-state index contributed by atoms with van der Waals surface area (Å²) in [4.78, 5) is 24.2. The van der Waals surface area contributed by atoms with Gasteiger partial charge in [0.15, 0.2) is 6.61 Å². The van der Waals surface area contributed by atoms with Gasteiger partial charge in [0, 0.05) is 23.1 Å². The number of benzene rings is 2. The molecule has 1 N–H and O–H groups in total. The van der Waals surface area contributed by atoms with Gasteiger partial charge in [-0.1, -0.05) is 13.3 Å². The summed E-state index contributed by atoms with van der Waals surface area (Å²) in [6, 6.07) is 11.9. The maximum Gasteiger partial charge on any atom is 0.336 e. The van der Waals surface area contributed by atoms with E-state index in [1.165, 1.54) is 6.07 Å². The minimum Gasteiger partial charge on any atom is -0.497 e. The van der Waals surface area contributed by atoms with Gasteiger partial charge in [-0.3, -0.25) is 4.79 Å². The number of fused-ring (bicyclic) bond motifs is 1. The average molecular weight is 425 g/mol. The van der Waals surface area contributed by atoms with Crippen LogP contribution >= 0.6 is 0 Å². The molecule has 1 heterocycles. The first kappa shape index (κ1) is 22.2. The molecule has 0 spiro atoms. The molecule has 164 valence electrons. The molecule has 7 heteroatoms. The Morgan fingerprint density at radius 2 is 1.84 bits per heavy atom. The minimum atomic E-state index is -0.396. The standard InChI is InChI=1S/C24H27NO6/c1-5-6-16-11-24(27)31-22-13-18(7-9-19(16)22)30-14-23(26)25-15(2)20-12-17(28-3)8-10-21(20)29-4/h7-13,15H,5-6,14H2,1-4H3,(H,25,26). The van der Waals surface area contributed by atoms with Gasteiger partial charge in [-0.15, -0.1) is 0 Å². The predicted molar refractivity (Wildman–Crippen MR) is 118 cm³/mol. The van der Waals surface area contributed by atoms with Crippen molar-refractivity contribution in [2.24, 2.45) is 0 Å². The zero-order valence-corrected chi connectivity index (χ0v) is 18.2. The molecule has 0 aliphatic rings. The van der Waals surface area contributed by atoms with E-state index in [1.54, 1.807) is 38.5 Å². The second-order valence-electron chi connectivity index (χ2n) is 7.18. The molecular weight excluding hydrogens is 398 g/mol. The fourth-order valence-corrected chi connectivity index (χ4v) is 3.46. The molecule has 0 aliphatic carbocycles. The Kier molecular flexibility index (Phi) is 7.18. The fourth-order valence-electron chi connectivity index (χ4n) is 3.46. The van der Waals surface area contributed by atoms with Crippen LogP contribution in [0.4, 0.5) is 0 Å². The van der Waals surface area contributed by atoms with Gasteiger partial charge in [0.1, 0.15) is 22.8 Å². The second-order valence-corrected chi connectivity index (χ2v) is 7.18. The minimum absolute atomic E-state index is 0.180. The molecule has 0 aliphatic heterocycles. The SMILES string of the molecule is CCCc1cc(=O)oc2cc(OCC(=O)NC(C)c3cc(OC)ccc3OC)ccc12. The Hall–Kier alpha value is -3.48. The molecule has 0 saturated heterocycles. The van der Waals surface area contributed by atoms with Crippen LogP contribution < -0.4 is 25.2 Å². The van der Waals surface area contributed by atoms with Crippen molar-refractivity contribution in [3.63, 3.8) is 0 Å². The van der Waals surface area contributed by atoms with E-state index in [0.29, 0.717) is 22.8 Å². The number of methoxy groups -OCH3 is 2. The van der Waals surface area contributed by atoms with E-state index >= 15 is 0 Å². The van der Waals surface area contributed by atoms with Crippen molar-refractivity contribution in [3.05, 3.63) is 64.0 Å². The van der Waals surface area contributed by atoms with Crippen LogP contribution in [0.5, 0.6) is 17.2 Å². The first-order chi connectivity index (χ1) is 14.9. The van der Waals surface area contributed by atoms with E-state index in [0.717, 1.165) is 29.4 Å². The van der Waals surface area contributed by atoms with Crippen LogP contribution in [0, 0.1) is 0 Å². The van der Waals surface area contributed by atoms with Gasteiger partial charge in [-0.25, -0.2) is 4.79 Å². The van der Waals surface area contributed by atoms with Crippen LogP contribution in [0.1, 0.15) is 37.4 Å². The third kappa shape index (κ3) is 5.36. The summed E-state index contributed by atoms with van der Waals surface area (Å²) in [5.74, 6) is 1.49. The van der Waals surface area contributed by atoms with Crippen molar-refractivity contribution in [1.82, 2.24) is 5.32 Å². The summed E-state index contributed by atoms with van der Waals surface area (Å²) in [5, 5.41) is 3.76. The maximum absolute atomic E-state index is 12.4. The Labute approximate surface area is 180 Å². The lowest BCUT2D eigenvalue weighted by Gasteiger charge is -2.18. The van der Waals surface area contributed by atoms with Crippen molar-refractivity contribution < 1.29 is 23.4 Å². The zero-order chi connectivity index (χ0) is 22.4. The molecule has 2 aromatic carbocycles. The second kappa shape index (κ2) is 10.0. The molecule has 0 radical (unpaired) electrons. The largest absolute Gasteiger partial charge is 0.497 e. The van der Waals surface area contributed by atoms with E-state index in [4.69, 9.17) is 18.6 Å². The molecule has 7 nitrogen and oxygen atoms in total. The monoisotopic (exact) mass is 425 g/mol. The van der Waals surface area contributed by atoms with Crippen molar-refractivity contribution in [2.45, 2.75) is 32.7 Å². The number of ether oxygens (including phenoxy) is 3. The number of nitrogens with one attached hydrogen (secondary N) is 1. The summed E-state index contributed by atoms with van der Waals surface area (Å²) < 4.78 is 21.6. The molecule has 0 bridgehead atoms. The normalized spacial score (nSPS) is 11.7. The number of aryl methyl sites for hydroxylation is 1. The topological polar surface area (TPSA) is 87.0 Å². The molecule has 1 aromatic heterocycles. The highest BCUT2D eigenvalue weighted by Crippen LogP contribution is 2.29. The Bertz CT molecular complexity index is 1120. The van der Waals surface area contributed by atoms with E-state index in [2.05, 4.69) is 12.2 Å². The smallest absolute Gasteiger partial charge is 0.336 e. The molecule has 1 atom stereocenters. The first-order valence-corrected chi connectivity index (χ1v) is 10.2. The molecule has 3 aromatic rings. The molecule has 0 saturated carbocycles. The van der Waals surface area contributed by atoms with Gasteiger partial charge in [0.25, 0.3) is 5.91 Å². The summed E-state index contributed by atoms with van der Waals surface area (Å²) in [5.41, 5.74) is 1.79. The zero-order valence-electron chi connectivity index (χ0n) is 18.2. The van der Waals surface area contributed by atoms with E-state index < -0.39 is 5.63 Å². The number of rotatable bonds is 9. The van der Waals surface area contributed by atoms with Crippen LogP contribution in [-0.2, 0) is 11.2 Å². The number of carbonyl (C=O) groups is 1. The van der Waals surface area contributed by atoms with E-state index in [9.17, 15) is 9.59 Å². The molecule has 1 unspecified atom stereocenters. The lowest BCUT2D eigenvalue weighted by molar-refractivity contribution is -0.123. The highest BCUT2D eigenvalue weighted by Gasteiger charge is 2.16. The van der Waals surface area contributed by atoms with Crippen LogP contribution in [0.2, 0.25) is 0 Å². The Morgan fingerprint density at radius 1 is 1.06 bits per heavy atom. The third-order valence-electron chi connectivity index (χ3n) is 4.97. The average Bonchev–Trinajstić information content (AvgIpc) is 2.77. The maximum atomic E-state index is 12.4. The number of carbonyl (C=O) groups excluding carboxylic acids is 1. The van der Waals surface area contributed by atoms with Gasteiger partial charge in [0.2, 0.25) is 0 Å². The first-order valence-electron chi connectivity index (χ1n) is 10.2. The third-order valence-corrected chi connectivity index (χ3v) is 4.97. The van der Waals surface area contributed by atoms with E-state index in [1.807, 2.05) is 19.1 Å². The van der Waals surface area contributed by atoms with E-state index in [-0.39, 0.29) is 18.6 Å². The highest BCUT2D eigenvalue weighted by molar-refractivity contribution is 5.82. The van der Waals surface area contributed by atoms with Crippen LogP contribution in [0.15, 0.2) is 51.7 Å². The lowest BCUT2D eigenvalue weighted by atomic mass is 10.1. The Balaban J connectivity index is 1.68. The Morgan fingerprint density at radius 3 is 2.55 bits per heavy atom. The molecule has 3 rings (SSSR count). The highest BCUT2D eigenvalue weighted by atomic mass is 16.5. The summed E-state index contributed by atoms with van der Waals surface area (Å²) in [6.45, 7) is 3.73. The van der Waals surface area contributed by atoms with Crippen LogP contribution in [0.3, 0.4) is 0 Å². The van der Waals surface area contributed by atoms with Crippen LogP contribution in [-0.4, -0.2) is 26.7 Å². The molecular formula is C24H27NO6. The van der Waals surface area contributed by atoms with Crippen molar-refractivity contribution in [3.8, 4) is 17.2 Å². The molecule has 31 heavy (non-hydrogen) atoms. The predicted octanol–water partition coefficient (Wildman–Crippen LogP) is 4.02. The van der Waals surface area contributed by atoms with Gasteiger partial charge in [0.05, 0.1) is 20.3 Å². The number of hydrogen-bond acceptors (Lipinski definition) is 6. The van der Waals surface area contributed by atoms with Crippen molar-refractivity contribution >= 4 is 16.9 Å². The van der Waals surface area contributed by atoms with Gasteiger partial charge in [-0.05, 0) is 49.2 Å². The number of amides is 1. The molecule has 1 amide bonds. The fraction of sp³-hybridized carbons (Fsp3) is 0.333. The summed E-state index contributed by atoms with van der Waals surface area (Å²) in [7, 11) is 3.16. The summed E-state index contributed by atoms with van der Waals surface area (Å²) >= 11 is 0. The number of hydrogen-bond donors (Lipinski definition) is 1. The van der Waals surface area contributed by atoms with Gasteiger partial charge in [-0.2, -0.15) is 0 Å². The quantitative estimate of drug-likeness (QED) is 0.521. The van der Waals surface area contributed by atoms with Gasteiger partial charge < -0.3 is 23.9 Å².